The van der Waals surface area contributed by atoms with Crippen LogP contribution in [0, 0.1) is 0 Å². The van der Waals surface area contributed by atoms with Gasteiger partial charge in [0.1, 0.15) is 0 Å². The molecule has 0 amide bonds. The highest BCUT2D eigenvalue weighted by Gasteiger charge is 2.01. The van der Waals surface area contributed by atoms with Crippen molar-refractivity contribution in [2.75, 3.05) is 6.61 Å². The molecule has 2 nitrogen and oxygen atoms in total. The Kier molecular flexibility index (Phi) is 10.7. The Morgan fingerprint density at radius 1 is 1.20 bits per heavy atom. The molecule has 0 rings (SSSR count). The third kappa shape index (κ3) is 11.1. The number of hydrogen-bond acceptors (Lipinski definition) is 2. The van der Waals surface area contributed by atoms with Crippen molar-refractivity contribution in [1.82, 2.24) is 0 Å². The maximum atomic E-state index is 11.2. The number of hydrogen-bond donors (Lipinski definition) is 0. The van der Waals surface area contributed by atoms with Crippen molar-refractivity contribution in [1.29, 1.82) is 0 Å². The van der Waals surface area contributed by atoms with Gasteiger partial charge in [-0.3, -0.25) is 4.79 Å². The Bertz CT molecular complexity index is 164. The average Bonchev–Trinajstić information content (AvgIpc) is 2.23. The molecule has 0 aromatic heterocycles. The molecule has 0 saturated carbocycles. The Hall–Kier alpha value is -0.790. The summed E-state index contributed by atoms with van der Waals surface area (Å²) in [5.74, 6) is -0.0626. The lowest BCUT2D eigenvalue weighted by atomic mass is 10.1. The van der Waals surface area contributed by atoms with Crippen LogP contribution >= 0.6 is 0 Å². The summed E-state index contributed by atoms with van der Waals surface area (Å²) in [4.78, 5) is 11.2. The fourth-order valence-corrected chi connectivity index (χ4v) is 1.38. The number of esters is 1. The van der Waals surface area contributed by atoms with Gasteiger partial charge < -0.3 is 4.74 Å². The topological polar surface area (TPSA) is 26.3 Å². The number of unbranched alkanes of at least 4 members (excludes halogenated alkanes) is 5. The van der Waals surface area contributed by atoms with E-state index in [0.29, 0.717) is 13.0 Å². The van der Waals surface area contributed by atoms with Crippen LogP contribution in [0.2, 0.25) is 0 Å². The minimum absolute atomic E-state index is 0.0626. The molecule has 0 aromatic rings. The summed E-state index contributed by atoms with van der Waals surface area (Å²) in [5, 5.41) is 0. The molecule has 0 fully saturated rings. The van der Waals surface area contributed by atoms with E-state index in [1.807, 2.05) is 0 Å². The average molecular weight is 212 g/mol. The maximum absolute atomic E-state index is 11.2. The highest BCUT2D eigenvalue weighted by atomic mass is 16.5. The molecule has 0 bridgehead atoms. The molecule has 15 heavy (non-hydrogen) atoms. The van der Waals surface area contributed by atoms with Crippen molar-refractivity contribution < 1.29 is 9.53 Å². The molecule has 88 valence electrons. The smallest absolute Gasteiger partial charge is 0.305 e. The lowest BCUT2D eigenvalue weighted by Crippen LogP contribution is -2.04. The highest BCUT2D eigenvalue weighted by molar-refractivity contribution is 5.69. The minimum atomic E-state index is -0.0626. The summed E-state index contributed by atoms with van der Waals surface area (Å²) in [6, 6.07) is 0. The zero-order valence-electron chi connectivity index (χ0n) is 9.96. The third-order valence-corrected chi connectivity index (χ3v) is 2.32. The molecule has 0 aliphatic rings. The molecule has 0 aliphatic carbocycles. The van der Waals surface area contributed by atoms with E-state index in [1.165, 1.54) is 25.7 Å². The lowest BCUT2D eigenvalue weighted by Gasteiger charge is -2.02. The van der Waals surface area contributed by atoms with Crippen LogP contribution in [0.5, 0.6) is 0 Å². The Balaban J connectivity index is 3.13. The fraction of sp³-hybridized carbons (Fsp3) is 0.769. The third-order valence-electron chi connectivity index (χ3n) is 2.32. The van der Waals surface area contributed by atoms with Crippen LogP contribution in [0.4, 0.5) is 0 Å². The van der Waals surface area contributed by atoms with Crippen LogP contribution in [-0.2, 0) is 9.53 Å². The summed E-state index contributed by atoms with van der Waals surface area (Å²) in [6.07, 6.45) is 10.3. The molecule has 0 N–H and O–H groups in total. The molecule has 0 radical (unpaired) electrons. The van der Waals surface area contributed by atoms with E-state index >= 15 is 0 Å². The Morgan fingerprint density at radius 3 is 2.53 bits per heavy atom. The monoisotopic (exact) mass is 212 g/mol. The highest BCUT2D eigenvalue weighted by Crippen LogP contribution is 2.07. The molecule has 0 aliphatic heterocycles. The quantitative estimate of drug-likeness (QED) is 0.312. The van der Waals surface area contributed by atoms with Crippen molar-refractivity contribution in [3.05, 3.63) is 12.7 Å². The van der Waals surface area contributed by atoms with Crippen LogP contribution in [0.1, 0.15) is 58.3 Å². The first-order valence-corrected chi connectivity index (χ1v) is 6.07. The SMILES string of the molecule is C=CCCOC(=O)CCCCCCCC. The van der Waals surface area contributed by atoms with Crippen LogP contribution in [0.15, 0.2) is 12.7 Å². The van der Waals surface area contributed by atoms with E-state index in [0.717, 1.165) is 19.3 Å². The van der Waals surface area contributed by atoms with Gasteiger partial charge in [-0.05, 0) is 12.8 Å². The van der Waals surface area contributed by atoms with E-state index in [9.17, 15) is 4.79 Å². The van der Waals surface area contributed by atoms with Gasteiger partial charge in [0.15, 0.2) is 0 Å². The summed E-state index contributed by atoms with van der Waals surface area (Å²) < 4.78 is 5.00. The predicted molar refractivity (Wildman–Crippen MR) is 63.8 cm³/mol. The van der Waals surface area contributed by atoms with Crippen LogP contribution in [0.3, 0.4) is 0 Å². The zero-order chi connectivity index (χ0) is 11.4. The second-order valence-corrected chi connectivity index (χ2v) is 3.82. The molecule has 0 saturated heterocycles. The zero-order valence-corrected chi connectivity index (χ0v) is 9.96. The first-order chi connectivity index (χ1) is 7.31. The van der Waals surface area contributed by atoms with Gasteiger partial charge in [0, 0.05) is 6.42 Å². The molecule has 0 aromatic carbocycles. The van der Waals surface area contributed by atoms with Gasteiger partial charge in [-0.25, -0.2) is 0 Å². The summed E-state index contributed by atoms with van der Waals surface area (Å²) in [7, 11) is 0. The van der Waals surface area contributed by atoms with Gasteiger partial charge >= 0.3 is 5.97 Å². The minimum Gasteiger partial charge on any atom is -0.465 e. The van der Waals surface area contributed by atoms with Crippen molar-refractivity contribution >= 4 is 5.97 Å². The molecule has 2 heteroatoms. The number of rotatable bonds is 10. The van der Waals surface area contributed by atoms with E-state index in [-0.39, 0.29) is 5.97 Å². The largest absolute Gasteiger partial charge is 0.465 e. The second-order valence-electron chi connectivity index (χ2n) is 3.82. The Morgan fingerprint density at radius 2 is 1.87 bits per heavy atom. The lowest BCUT2D eigenvalue weighted by molar-refractivity contribution is -0.143. The van der Waals surface area contributed by atoms with Gasteiger partial charge in [0.2, 0.25) is 0 Å². The van der Waals surface area contributed by atoms with Gasteiger partial charge in [-0.1, -0.05) is 45.1 Å². The maximum Gasteiger partial charge on any atom is 0.305 e. The molecule has 0 atom stereocenters. The first kappa shape index (κ1) is 14.2. The second kappa shape index (κ2) is 11.3. The van der Waals surface area contributed by atoms with Crippen molar-refractivity contribution in [2.24, 2.45) is 0 Å². The number of carbonyl (C=O) groups excluding carboxylic acids is 1. The van der Waals surface area contributed by atoms with E-state index in [4.69, 9.17) is 4.74 Å². The van der Waals surface area contributed by atoms with E-state index in [1.54, 1.807) is 6.08 Å². The molecular formula is C13H24O2. The van der Waals surface area contributed by atoms with Gasteiger partial charge in [-0.15, -0.1) is 6.58 Å². The molecule has 0 heterocycles. The first-order valence-electron chi connectivity index (χ1n) is 6.07. The van der Waals surface area contributed by atoms with Crippen LogP contribution < -0.4 is 0 Å². The number of ether oxygens (including phenoxy) is 1. The summed E-state index contributed by atoms with van der Waals surface area (Å²) in [5.41, 5.74) is 0. The number of carbonyl (C=O) groups is 1. The fourth-order valence-electron chi connectivity index (χ4n) is 1.38. The molecular weight excluding hydrogens is 188 g/mol. The summed E-state index contributed by atoms with van der Waals surface area (Å²) >= 11 is 0. The van der Waals surface area contributed by atoms with E-state index in [2.05, 4.69) is 13.5 Å². The van der Waals surface area contributed by atoms with Crippen LogP contribution in [-0.4, -0.2) is 12.6 Å². The van der Waals surface area contributed by atoms with Gasteiger partial charge in [-0.2, -0.15) is 0 Å². The van der Waals surface area contributed by atoms with Crippen molar-refractivity contribution in [3.63, 3.8) is 0 Å². The Labute approximate surface area is 93.7 Å². The normalized spacial score (nSPS) is 9.93. The molecule has 0 unspecified atom stereocenters. The van der Waals surface area contributed by atoms with Crippen molar-refractivity contribution in [2.45, 2.75) is 58.3 Å². The summed E-state index contributed by atoms with van der Waals surface area (Å²) in [6.45, 7) is 6.26. The van der Waals surface area contributed by atoms with Gasteiger partial charge in [0.25, 0.3) is 0 Å². The standard InChI is InChI=1S/C13H24O2/c1-3-5-7-8-9-10-11-13(14)15-12-6-4-2/h4H,2-3,5-12H2,1H3. The van der Waals surface area contributed by atoms with E-state index < -0.39 is 0 Å². The predicted octanol–water partition coefficient (Wildman–Crippen LogP) is 3.86. The van der Waals surface area contributed by atoms with Crippen molar-refractivity contribution in [3.8, 4) is 0 Å². The molecule has 0 spiro atoms. The van der Waals surface area contributed by atoms with Crippen LogP contribution in [0.25, 0.3) is 0 Å². The van der Waals surface area contributed by atoms with Gasteiger partial charge in [0.05, 0.1) is 6.61 Å².